The minimum Gasteiger partial charge on any atom is -0.313 e. The molecule has 0 aromatic heterocycles. The Hall–Kier alpha value is -0.980. The number of rotatable bonds is 8. The van der Waals surface area contributed by atoms with Crippen molar-refractivity contribution in [3.63, 3.8) is 0 Å². The van der Waals surface area contributed by atoms with Gasteiger partial charge in [0.25, 0.3) is 0 Å². The van der Waals surface area contributed by atoms with Crippen LogP contribution >= 0.6 is 0 Å². The van der Waals surface area contributed by atoms with Crippen LogP contribution in [0.5, 0.6) is 0 Å². The largest absolute Gasteiger partial charge is 0.313 e. The molecule has 0 heterocycles. The molecule has 0 spiro atoms. The second kappa shape index (κ2) is 7.87. The van der Waals surface area contributed by atoms with Crippen molar-refractivity contribution in [2.45, 2.75) is 45.1 Å². The van der Waals surface area contributed by atoms with Crippen molar-refractivity contribution in [3.05, 3.63) is 29.1 Å². The fraction of sp³-hybridized carbons (Fsp3) is 0.600. The van der Waals surface area contributed by atoms with E-state index in [4.69, 9.17) is 0 Å². The fourth-order valence-corrected chi connectivity index (χ4v) is 3.51. The van der Waals surface area contributed by atoms with E-state index in [1.165, 1.54) is 17.3 Å². The van der Waals surface area contributed by atoms with Gasteiger partial charge in [0.05, 0.1) is 4.90 Å². The summed E-state index contributed by atoms with van der Waals surface area (Å²) in [6.07, 6.45) is 1.70. The van der Waals surface area contributed by atoms with Gasteiger partial charge in [0.1, 0.15) is 5.82 Å². The van der Waals surface area contributed by atoms with E-state index >= 15 is 0 Å². The first-order chi connectivity index (χ1) is 9.84. The van der Waals surface area contributed by atoms with E-state index in [2.05, 4.69) is 5.32 Å². The lowest BCUT2D eigenvalue weighted by Crippen LogP contribution is -2.29. The third-order valence-corrected chi connectivity index (χ3v) is 5.43. The number of nitrogens with zero attached hydrogens (tertiary/aromatic N) is 1. The molecule has 1 N–H and O–H groups in total. The van der Waals surface area contributed by atoms with Crippen molar-refractivity contribution < 1.29 is 12.8 Å². The zero-order valence-corrected chi connectivity index (χ0v) is 14.1. The lowest BCUT2D eigenvalue weighted by Gasteiger charge is -2.19. The molecule has 0 fully saturated rings. The standard InChI is InChI=1S/C15H25FN2O2S/c1-5-7-8-18(4)21(19,20)15-10-13(11-17-6-2)9-14(16)12(15)3/h9-10,17H,5-8,11H2,1-4H3. The summed E-state index contributed by atoms with van der Waals surface area (Å²) in [4.78, 5) is 0.0639. The van der Waals surface area contributed by atoms with Crippen LogP contribution < -0.4 is 5.32 Å². The first-order valence-corrected chi connectivity index (χ1v) is 8.74. The molecule has 0 radical (unpaired) electrons. The number of nitrogens with one attached hydrogen (secondary N) is 1. The van der Waals surface area contributed by atoms with Crippen molar-refractivity contribution >= 4 is 10.0 Å². The van der Waals surface area contributed by atoms with Crippen LogP contribution in [0.15, 0.2) is 17.0 Å². The Morgan fingerprint density at radius 1 is 1.29 bits per heavy atom. The molecule has 1 aromatic carbocycles. The molecule has 21 heavy (non-hydrogen) atoms. The van der Waals surface area contributed by atoms with Crippen molar-refractivity contribution in [3.8, 4) is 0 Å². The summed E-state index contributed by atoms with van der Waals surface area (Å²) in [5.74, 6) is -0.479. The van der Waals surface area contributed by atoms with E-state index in [9.17, 15) is 12.8 Å². The Morgan fingerprint density at radius 2 is 1.95 bits per heavy atom. The van der Waals surface area contributed by atoms with Crippen molar-refractivity contribution in [2.75, 3.05) is 20.1 Å². The maximum atomic E-state index is 14.0. The monoisotopic (exact) mass is 316 g/mol. The minimum atomic E-state index is -3.65. The highest BCUT2D eigenvalue weighted by molar-refractivity contribution is 7.89. The maximum Gasteiger partial charge on any atom is 0.243 e. The van der Waals surface area contributed by atoms with Crippen LogP contribution in [-0.4, -0.2) is 32.9 Å². The molecular formula is C15H25FN2O2S. The van der Waals surface area contributed by atoms with Crippen LogP contribution in [0.4, 0.5) is 4.39 Å². The molecule has 0 aliphatic heterocycles. The molecule has 4 nitrogen and oxygen atoms in total. The van der Waals surface area contributed by atoms with Gasteiger partial charge in [0.2, 0.25) is 10.0 Å². The van der Waals surface area contributed by atoms with Crippen LogP contribution in [0.25, 0.3) is 0 Å². The molecule has 0 aliphatic carbocycles. The van der Waals surface area contributed by atoms with Gasteiger partial charge in [-0.1, -0.05) is 20.3 Å². The molecular weight excluding hydrogens is 291 g/mol. The minimum absolute atomic E-state index is 0.0639. The van der Waals surface area contributed by atoms with Gasteiger partial charge >= 0.3 is 0 Å². The number of unbranched alkanes of at least 4 members (excludes halogenated alkanes) is 1. The lowest BCUT2D eigenvalue weighted by molar-refractivity contribution is 0.457. The average molecular weight is 316 g/mol. The first-order valence-electron chi connectivity index (χ1n) is 7.30. The molecule has 120 valence electrons. The third kappa shape index (κ3) is 4.49. The molecule has 0 amide bonds. The van der Waals surface area contributed by atoms with Gasteiger partial charge in [-0.25, -0.2) is 17.1 Å². The summed E-state index contributed by atoms with van der Waals surface area (Å²) < 4.78 is 40.5. The van der Waals surface area contributed by atoms with Gasteiger partial charge in [-0.3, -0.25) is 0 Å². The van der Waals surface area contributed by atoms with Gasteiger partial charge in [-0.15, -0.1) is 0 Å². The summed E-state index contributed by atoms with van der Waals surface area (Å²) in [5.41, 5.74) is 0.820. The Labute approximate surface area is 127 Å². The highest BCUT2D eigenvalue weighted by Gasteiger charge is 2.24. The molecule has 0 unspecified atom stereocenters. The second-order valence-electron chi connectivity index (χ2n) is 5.16. The molecule has 1 aromatic rings. The number of hydrogen-bond donors (Lipinski definition) is 1. The SMILES string of the molecule is CCCCN(C)S(=O)(=O)c1cc(CNCC)cc(F)c1C. The second-order valence-corrected chi connectivity index (χ2v) is 7.17. The zero-order chi connectivity index (χ0) is 16.0. The molecule has 0 atom stereocenters. The first kappa shape index (κ1) is 18.1. The quantitative estimate of drug-likeness (QED) is 0.802. The third-order valence-electron chi connectivity index (χ3n) is 3.45. The summed E-state index contributed by atoms with van der Waals surface area (Å²) in [6, 6.07) is 2.96. The molecule has 0 bridgehead atoms. The van der Waals surface area contributed by atoms with Gasteiger partial charge in [-0.2, -0.15) is 0 Å². The number of sulfonamides is 1. The van der Waals surface area contributed by atoms with Gasteiger partial charge in [-0.05, 0) is 37.6 Å². The van der Waals surface area contributed by atoms with E-state index in [0.29, 0.717) is 18.7 Å². The highest BCUT2D eigenvalue weighted by atomic mass is 32.2. The average Bonchev–Trinajstić information content (AvgIpc) is 2.45. The summed E-state index contributed by atoms with van der Waals surface area (Å²) >= 11 is 0. The van der Waals surface area contributed by atoms with Gasteiger partial charge in [0.15, 0.2) is 0 Å². The van der Waals surface area contributed by atoms with E-state index in [1.54, 1.807) is 13.1 Å². The Kier molecular flexibility index (Phi) is 6.77. The molecule has 6 heteroatoms. The highest BCUT2D eigenvalue weighted by Crippen LogP contribution is 2.23. The summed E-state index contributed by atoms with van der Waals surface area (Å²) in [6.45, 7) is 7.09. The fourth-order valence-electron chi connectivity index (χ4n) is 2.02. The number of halogens is 1. The maximum absolute atomic E-state index is 14.0. The summed E-state index contributed by atoms with van der Waals surface area (Å²) in [7, 11) is -2.11. The van der Waals surface area contributed by atoms with Crippen molar-refractivity contribution in [2.24, 2.45) is 0 Å². The summed E-state index contributed by atoms with van der Waals surface area (Å²) in [5, 5.41) is 3.08. The van der Waals surface area contributed by atoms with Crippen LogP contribution in [-0.2, 0) is 16.6 Å². The van der Waals surface area contributed by atoms with Crippen LogP contribution in [0.3, 0.4) is 0 Å². The molecule has 1 rings (SSSR count). The smallest absolute Gasteiger partial charge is 0.243 e. The molecule has 0 aliphatic rings. The number of hydrogen-bond acceptors (Lipinski definition) is 3. The van der Waals surface area contributed by atoms with Crippen molar-refractivity contribution in [1.82, 2.24) is 9.62 Å². The Morgan fingerprint density at radius 3 is 2.52 bits per heavy atom. The predicted molar refractivity (Wildman–Crippen MR) is 83.2 cm³/mol. The Bertz CT molecular complexity index is 573. The number of benzene rings is 1. The van der Waals surface area contributed by atoms with E-state index in [0.717, 1.165) is 19.4 Å². The molecule has 0 saturated carbocycles. The topological polar surface area (TPSA) is 49.4 Å². The predicted octanol–water partition coefficient (Wildman–Crippen LogP) is 2.66. The van der Waals surface area contributed by atoms with Gasteiger partial charge < -0.3 is 5.32 Å². The zero-order valence-electron chi connectivity index (χ0n) is 13.2. The normalized spacial score (nSPS) is 12.1. The Balaban J connectivity index is 3.18. The molecule has 0 saturated heterocycles. The van der Waals surface area contributed by atoms with Crippen molar-refractivity contribution in [1.29, 1.82) is 0 Å². The van der Waals surface area contributed by atoms with Crippen LogP contribution in [0.1, 0.15) is 37.8 Å². The van der Waals surface area contributed by atoms with E-state index in [-0.39, 0.29) is 10.5 Å². The van der Waals surface area contributed by atoms with Crippen LogP contribution in [0.2, 0.25) is 0 Å². The van der Waals surface area contributed by atoms with Gasteiger partial charge in [0, 0.05) is 25.7 Å². The lowest BCUT2D eigenvalue weighted by atomic mass is 10.1. The van der Waals surface area contributed by atoms with E-state index < -0.39 is 15.8 Å². The van der Waals surface area contributed by atoms with E-state index in [1.807, 2.05) is 13.8 Å². The van der Waals surface area contributed by atoms with Crippen LogP contribution in [0, 0.1) is 12.7 Å².